The average Bonchev–Trinajstić information content (AvgIpc) is 3.03. The summed E-state index contributed by atoms with van der Waals surface area (Å²) in [5, 5.41) is 0. The maximum absolute atomic E-state index is 14.1. The molecule has 2 heterocycles. The van der Waals surface area contributed by atoms with Gasteiger partial charge in [-0.3, -0.25) is 9.69 Å². The molecule has 1 atom stereocenters. The molecular weight excluding hydrogens is 620 g/mol. The number of nitrogens with zero attached hydrogens (tertiary/aromatic N) is 3. The van der Waals surface area contributed by atoms with Gasteiger partial charge in [-0.2, -0.15) is 26.3 Å². The second-order valence-corrected chi connectivity index (χ2v) is 13.9. The molecule has 1 aliphatic carbocycles. The van der Waals surface area contributed by atoms with E-state index in [4.69, 9.17) is 4.74 Å². The number of hydrogen-bond donors (Lipinski definition) is 0. The molecule has 1 amide bonds. The van der Waals surface area contributed by atoms with E-state index in [9.17, 15) is 31.1 Å². The maximum Gasteiger partial charge on any atom is 0.417 e. The van der Waals surface area contributed by atoms with Crippen LogP contribution >= 0.6 is 0 Å². The van der Waals surface area contributed by atoms with Gasteiger partial charge < -0.3 is 14.5 Å². The summed E-state index contributed by atoms with van der Waals surface area (Å²) in [4.78, 5) is 20.2. The summed E-state index contributed by atoms with van der Waals surface area (Å²) >= 11 is 0. The molecule has 0 N–H and O–H groups in total. The lowest BCUT2D eigenvalue weighted by Gasteiger charge is -2.46. The Morgan fingerprint density at radius 2 is 1.57 bits per heavy atom. The predicted molar refractivity (Wildman–Crippen MR) is 169 cm³/mol. The van der Waals surface area contributed by atoms with E-state index in [1.54, 1.807) is 4.90 Å². The zero-order valence-electron chi connectivity index (χ0n) is 27.4. The minimum atomic E-state index is -5.18. The van der Waals surface area contributed by atoms with Crippen LogP contribution in [-0.2, 0) is 29.0 Å². The molecule has 5 rings (SSSR count). The smallest absolute Gasteiger partial charge is 0.417 e. The highest BCUT2D eigenvalue weighted by Gasteiger charge is 2.46. The van der Waals surface area contributed by atoms with Crippen molar-refractivity contribution in [2.75, 3.05) is 45.8 Å². The van der Waals surface area contributed by atoms with Crippen molar-refractivity contribution in [3.63, 3.8) is 0 Å². The Morgan fingerprint density at radius 1 is 0.872 bits per heavy atom. The van der Waals surface area contributed by atoms with E-state index in [2.05, 4.69) is 9.80 Å². The molecule has 3 aliphatic rings. The summed E-state index contributed by atoms with van der Waals surface area (Å²) in [5.74, 6) is 0.478. The lowest BCUT2D eigenvalue weighted by Crippen LogP contribution is -2.53. The molecule has 0 bridgehead atoms. The van der Waals surface area contributed by atoms with Gasteiger partial charge in [-0.15, -0.1) is 0 Å². The van der Waals surface area contributed by atoms with E-state index >= 15 is 0 Å². The topological polar surface area (TPSA) is 36.0 Å². The predicted octanol–water partition coefficient (Wildman–Crippen LogP) is 7.95. The van der Waals surface area contributed by atoms with Gasteiger partial charge in [-0.1, -0.05) is 37.5 Å². The van der Waals surface area contributed by atoms with Crippen molar-refractivity contribution in [3.8, 4) is 5.75 Å². The first-order valence-electron chi connectivity index (χ1n) is 17.0. The number of alkyl halides is 6. The Morgan fingerprint density at radius 3 is 2.23 bits per heavy atom. The van der Waals surface area contributed by atoms with Crippen molar-refractivity contribution in [2.45, 2.75) is 102 Å². The number of carbonyl (C=O) groups is 1. The number of carbonyl (C=O) groups excluding carboxylic acids is 1. The molecule has 3 fully saturated rings. The van der Waals surface area contributed by atoms with Crippen LogP contribution in [0.1, 0.15) is 87.5 Å². The van der Waals surface area contributed by atoms with E-state index in [-0.39, 0.29) is 30.5 Å². The first-order chi connectivity index (χ1) is 22.2. The zero-order valence-corrected chi connectivity index (χ0v) is 27.4. The monoisotopic (exact) mass is 667 g/mol. The number of piperazine rings is 1. The second kappa shape index (κ2) is 14.8. The molecule has 2 aromatic rings. The maximum atomic E-state index is 14.1. The van der Waals surface area contributed by atoms with Crippen molar-refractivity contribution < 1.29 is 35.9 Å². The number of hydrogen-bond acceptors (Lipinski definition) is 4. The van der Waals surface area contributed by atoms with Crippen molar-refractivity contribution >= 4 is 5.91 Å². The average molecular weight is 668 g/mol. The minimum Gasteiger partial charge on any atom is -0.491 e. The third-order valence-electron chi connectivity index (χ3n) is 10.2. The lowest BCUT2D eigenvalue weighted by molar-refractivity contribution is -0.162. The van der Waals surface area contributed by atoms with Crippen molar-refractivity contribution in [1.82, 2.24) is 14.7 Å². The van der Waals surface area contributed by atoms with Gasteiger partial charge in [0, 0.05) is 50.7 Å². The van der Waals surface area contributed by atoms with Crippen molar-refractivity contribution in [3.05, 3.63) is 64.7 Å². The second-order valence-electron chi connectivity index (χ2n) is 13.9. The summed E-state index contributed by atoms with van der Waals surface area (Å²) in [7, 11) is 0. The summed E-state index contributed by atoms with van der Waals surface area (Å²) in [6.07, 6.45) is -2.55. The van der Waals surface area contributed by atoms with Gasteiger partial charge in [-0.05, 0) is 87.9 Å². The highest BCUT2D eigenvalue weighted by atomic mass is 19.4. The van der Waals surface area contributed by atoms with Gasteiger partial charge in [0.15, 0.2) is 0 Å². The Balaban J connectivity index is 1.38. The van der Waals surface area contributed by atoms with E-state index in [1.165, 1.54) is 38.2 Å². The summed E-state index contributed by atoms with van der Waals surface area (Å²) in [5.41, 5.74) is -3.30. The van der Waals surface area contributed by atoms with Gasteiger partial charge in [0.2, 0.25) is 5.91 Å². The van der Waals surface area contributed by atoms with Crippen LogP contribution in [0.3, 0.4) is 0 Å². The number of amides is 1. The Labute approximate surface area is 274 Å². The molecule has 0 aromatic heterocycles. The number of halogens is 6. The molecule has 5 nitrogen and oxygen atoms in total. The van der Waals surface area contributed by atoms with Crippen LogP contribution in [-0.4, -0.2) is 78.6 Å². The van der Waals surface area contributed by atoms with Crippen LogP contribution in [0.4, 0.5) is 26.3 Å². The fourth-order valence-electron chi connectivity index (χ4n) is 7.74. The minimum absolute atomic E-state index is 0.0378. The number of piperidine rings is 1. The molecule has 0 radical (unpaired) electrons. The molecule has 2 aromatic carbocycles. The third kappa shape index (κ3) is 9.02. The quantitative estimate of drug-likeness (QED) is 0.255. The Bertz CT molecular complexity index is 1350. The van der Waals surface area contributed by atoms with Crippen LogP contribution in [0, 0.1) is 0 Å². The van der Waals surface area contributed by atoms with Gasteiger partial charge in [0.1, 0.15) is 5.75 Å². The van der Waals surface area contributed by atoms with Crippen LogP contribution in [0.5, 0.6) is 5.75 Å². The fourth-order valence-corrected chi connectivity index (χ4v) is 7.74. The molecule has 2 saturated heterocycles. The van der Waals surface area contributed by atoms with E-state index < -0.39 is 28.9 Å². The molecule has 1 saturated carbocycles. The number of likely N-dealkylation sites (tertiary alicyclic amines) is 1. The van der Waals surface area contributed by atoms with E-state index in [0.717, 1.165) is 31.7 Å². The lowest BCUT2D eigenvalue weighted by atomic mass is 9.70. The standard InChI is InChI=1S/C36H47F6N3O2/c1-26(2)47-30-11-6-8-27(22-30)23-33(46)45-16-7-14-34(25-45,28-12-13-31(35(37,38)39)32(24-28)36(40,41)42)15-17-43-18-20-44(21-19-43)29-9-4-3-5-10-29/h6,8,11-13,22,24,26,29H,3-5,7,9-10,14-21,23,25H2,1-2H3/t34-/m1/s1. The van der Waals surface area contributed by atoms with Crippen LogP contribution in [0.25, 0.3) is 0 Å². The Kier molecular flexibility index (Phi) is 11.2. The number of rotatable bonds is 9. The number of ether oxygens (including phenoxy) is 1. The zero-order chi connectivity index (χ0) is 33.8. The molecule has 0 spiro atoms. The molecule has 11 heteroatoms. The SMILES string of the molecule is CC(C)Oc1cccc(CC(=O)N2CCC[C@](CCN3CCN(C4CCCCC4)CC3)(c3ccc(C(F)(F)F)c(C(F)(F)F)c3)C2)c1. The Hall–Kier alpha value is -2.79. The van der Waals surface area contributed by atoms with Crippen LogP contribution in [0.15, 0.2) is 42.5 Å². The number of benzene rings is 2. The van der Waals surface area contributed by atoms with Gasteiger partial charge >= 0.3 is 12.4 Å². The van der Waals surface area contributed by atoms with Crippen LogP contribution in [0.2, 0.25) is 0 Å². The van der Waals surface area contributed by atoms with Gasteiger partial charge in [0.25, 0.3) is 0 Å². The fraction of sp³-hybridized carbons (Fsp3) is 0.639. The normalized spacial score (nSPS) is 22.5. The largest absolute Gasteiger partial charge is 0.491 e. The van der Waals surface area contributed by atoms with E-state index in [0.29, 0.717) is 56.3 Å². The highest BCUT2D eigenvalue weighted by molar-refractivity contribution is 5.79. The summed E-state index contributed by atoms with van der Waals surface area (Å²) in [6.45, 7) is 8.54. The molecular formula is C36H47F6N3O2. The molecule has 47 heavy (non-hydrogen) atoms. The highest BCUT2D eigenvalue weighted by Crippen LogP contribution is 2.45. The third-order valence-corrected chi connectivity index (χ3v) is 10.2. The first-order valence-corrected chi connectivity index (χ1v) is 17.0. The van der Waals surface area contributed by atoms with Gasteiger partial charge in [-0.25, -0.2) is 0 Å². The van der Waals surface area contributed by atoms with Crippen molar-refractivity contribution in [2.24, 2.45) is 0 Å². The molecule has 2 aliphatic heterocycles. The van der Waals surface area contributed by atoms with Crippen molar-refractivity contribution in [1.29, 1.82) is 0 Å². The van der Waals surface area contributed by atoms with Crippen LogP contribution < -0.4 is 4.74 Å². The molecule has 0 unspecified atom stereocenters. The summed E-state index contributed by atoms with van der Waals surface area (Å²) in [6, 6.07) is 10.4. The molecule has 260 valence electrons. The van der Waals surface area contributed by atoms with E-state index in [1.807, 2.05) is 38.1 Å². The van der Waals surface area contributed by atoms with Gasteiger partial charge in [0.05, 0.1) is 23.7 Å². The summed E-state index contributed by atoms with van der Waals surface area (Å²) < 4.78 is 89.2. The first kappa shape index (κ1) is 35.5.